The highest BCUT2D eigenvalue weighted by Gasteiger charge is 2.54. The molecule has 3 heterocycles. The van der Waals surface area contributed by atoms with Crippen LogP contribution in [0.4, 0.5) is 0 Å². The Balaban J connectivity index is 1.46. The minimum atomic E-state index is -0.649. The van der Waals surface area contributed by atoms with Gasteiger partial charge in [0.1, 0.15) is 0 Å². The fraction of sp³-hybridized carbons (Fsp3) is 1.00. The van der Waals surface area contributed by atoms with Crippen molar-refractivity contribution >= 4 is 0 Å². The highest BCUT2D eigenvalue weighted by Crippen LogP contribution is 2.47. The van der Waals surface area contributed by atoms with Gasteiger partial charge in [-0.25, -0.2) is 0 Å². The molecule has 0 radical (unpaired) electrons. The second-order valence-corrected chi connectivity index (χ2v) is 6.89. The number of aliphatic hydroxyl groups is 1. The van der Waals surface area contributed by atoms with Crippen molar-refractivity contribution < 1.29 is 28.8 Å². The van der Waals surface area contributed by atoms with E-state index >= 15 is 0 Å². The Morgan fingerprint density at radius 2 is 1.95 bits per heavy atom. The van der Waals surface area contributed by atoms with Gasteiger partial charge in [0.05, 0.1) is 24.9 Å². The molecule has 8 atom stereocenters. The lowest BCUT2D eigenvalue weighted by molar-refractivity contribution is -0.206. The highest BCUT2D eigenvalue weighted by atomic mass is 16.7. The summed E-state index contributed by atoms with van der Waals surface area (Å²) >= 11 is 0. The number of ether oxygens (including phenoxy) is 5. The third-order valence-corrected chi connectivity index (χ3v) is 5.43. The van der Waals surface area contributed by atoms with Crippen LogP contribution in [0.15, 0.2) is 0 Å². The maximum Gasteiger partial charge on any atom is 0.157 e. The van der Waals surface area contributed by atoms with Gasteiger partial charge in [0.2, 0.25) is 0 Å². The molecule has 3 saturated heterocycles. The molecule has 1 aliphatic carbocycles. The van der Waals surface area contributed by atoms with Crippen LogP contribution in [0.5, 0.6) is 0 Å². The molecule has 4 unspecified atom stereocenters. The molecule has 6 nitrogen and oxygen atoms in total. The normalized spacial score (nSPS) is 52.1. The van der Waals surface area contributed by atoms with E-state index in [1.54, 1.807) is 0 Å². The van der Waals surface area contributed by atoms with E-state index in [-0.39, 0.29) is 42.7 Å². The van der Waals surface area contributed by atoms with E-state index in [0.717, 1.165) is 32.3 Å². The predicted octanol–water partition coefficient (Wildman–Crippen LogP) is 1.40. The molecule has 4 fully saturated rings. The van der Waals surface area contributed by atoms with E-state index in [4.69, 9.17) is 23.7 Å². The summed E-state index contributed by atoms with van der Waals surface area (Å²) in [5.41, 5.74) is 0. The number of hydrogen-bond donors (Lipinski definition) is 1. The average Bonchev–Trinajstić information content (AvgIpc) is 3.14. The Bertz CT molecular complexity index is 385. The van der Waals surface area contributed by atoms with Crippen LogP contribution in [0.2, 0.25) is 0 Å². The minimum Gasteiger partial charge on any atom is -0.368 e. The maximum absolute atomic E-state index is 9.80. The second kappa shape index (κ2) is 6.34. The van der Waals surface area contributed by atoms with Crippen LogP contribution < -0.4 is 0 Å². The lowest BCUT2D eigenvalue weighted by Crippen LogP contribution is -2.39. The Kier molecular flexibility index (Phi) is 4.41. The molecule has 0 bridgehead atoms. The number of rotatable bonds is 3. The summed E-state index contributed by atoms with van der Waals surface area (Å²) in [6, 6.07) is 0. The van der Waals surface area contributed by atoms with Gasteiger partial charge < -0.3 is 28.8 Å². The quantitative estimate of drug-likeness (QED) is 0.849. The highest BCUT2D eigenvalue weighted by molar-refractivity contribution is 5.00. The molecule has 1 saturated carbocycles. The van der Waals surface area contributed by atoms with Gasteiger partial charge in [-0.1, -0.05) is 0 Å². The van der Waals surface area contributed by atoms with Crippen LogP contribution in [0.1, 0.15) is 39.0 Å². The van der Waals surface area contributed by atoms with Crippen molar-refractivity contribution in [3.63, 3.8) is 0 Å². The van der Waals surface area contributed by atoms with Crippen LogP contribution in [-0.4, -0.2) is 55.5 Å². The molecule has 1 N–H and O–H groups in total. The van der Waals surface area contributed by atoms with Crippen molar-refractivity contribution in [1.29, 1.82) is 0 Å². The summed E-state index contributed by atoms with van der Waals surface area (Å²) in [7, 11) is 0. The van der Waals surface area contributed by atoms with Gasteiger partial charge >= 0.3 is 0 Å². The average molecular weight is 314 g/mol. The van der Waals surface area contributed by atoms with Crippen LogP contribution in [0.25, 0.3) is 0 Å². The van der Waals surface area contributed by atoms with E-state index in [1.165, 1.54) is 0 Å². The standard InChI is InChI=1S/C16H26O6/c1-9-19-8-13(20-9)16-10-6-14(17)21-11(10)7-12(16)22-15-4-2-3-5-18-15/h9-17H,2-8H2,1H3/t9?,10-,11-,12+,13?,14?,15?,16+/m0/s1. The van der Waals surface area contributed by atoms with E-state index in [9.17, 15) is 5.11 Å². The fourth-order valence-electron chi connectivity index (χ4n) is 4.47. The van der Waals surface area contributed by atoms with Gasteiger partial charge in [0, 0.05) is 25.4 Å². The Morgan fingerprint density at radius 3 is 2.68 bits per heavy atom. The first-order valence-electron chi connectivity index (χ1n) is 8.58. The fourth-order valence-corrected chi connectivity index (χ4v) is 4.47. The third-order valence-electron chi connectivity index (χ3n) is 5.43. The summed E-state index contributed by atoms with van der Waals surface area (Å²) in [6.07, 6.45) is 3.92. The SMILES string of the molecule is CC1OCC([C@@H]2[C@H]3CC(O)O[C@H]3C[C@H]2OC2CCCCO2)O1. The maximum atomic E-state index is 9.80. The third kappa shape index (κ3) is 2.92. The molecule has 0 aromatic rings. The monoisotopic (exact) mass is 314 g/mol. The first-order valence-corrected chi connectivity index (χ1v) is 8.58. The summed E-state index contributed by atoms with van der Waals surface area (Å²) in [5, 5.41) is 9.80. The Morgan fingerprint density at radius 1 is 1.05 bits per heavy atom. The molecule has 0 aromatic carbocycles. The van der Waals surface area contributed by atoms with Crippen LogP contribution >= 0.6 is 0 Å². The van der Waals surface area contributed by atoms with E-state index < -0.39 is 6.29 Å². The molecular formula is C16H26O6. The minimum absolute atomic E-state index is 0.0208. The van der Waals surface area contributed by atoms with Crippen molar-refractivity contribution in [3.8, 4) is 0 Å². The molecule has 22 heavy (non-hydrogen) atoms. The van der Waals surface area contributed by atoms with Gasteiger partial charge in [0.25, 0.3) is 0 Å². The Hall–Kier alpha value is -0.240. The second-order valence-electron chi connectivity index (χ2n) is 6.89. The van der Waals surface area contributed by atoms with E-state index in [2.05, 4.69) is 0 Å². The van der Waals surface area contributed by atoms with Crippen molar-refractivity contribution in [3.05, 3.63) is 0 Å². The number of hydrogen-bond acceptors (Lipinski definition) is 6. The van der Waals surface area contributed by atoms with Crippen molar-refractivity contribution in [2.45, 2.75) is 76.2 Å². The summed E-state index contributed by atoms with van der Waals surface area (Å²) < 4.78 is 29.2. The van der Waals surface area contributed by atoms with Gasteiger partial charge in [0.15, 0.2) is 18.9 Å². The van der Waals surface area contributed by atoms with Crippen molar-refractivity contribution in [2.75, 3.05) is 13.2 Å². The van der Waals surface area contributed by atoms with Crippen LogP contribution in [0.3, 0.4) is 0 Å². The zero-order chi connectivity index (χ0) is 15.1. The number of aliphatic hydroxyl groups excluding tert-OH is 1. The molecule has 126 valence electrons. The van der Waals surface area contributed by atoms with Gasteiger partial charge in [-0.3, -0.25) is 0 Å². The van der Waals surface area contributed by atoms with Crippen molar-refractivity contribution in [2.24, 2.45) is 11.8 Å². The molecule has 6 heteroatoms. The molecule has 0 amide bonds. The molecule has 4 aliphatic rings. The van der Waals surface area contributed by atoms with Gasteiger partial charge in [-0.05, 0) is 32.1 Å². The lowest BCUT2D eigenvalue weighted by Gasteiger charge is -2.32. The molecular weight excluding hydrogens is 288 g/mol. The summed E-state index contributed by atoms with van der Waals surface area (Å²) in [6.45, 7) is 3.30. The zero-order valence-corrected chi connectivity index (χ0v) is 13.1. The van der Waals surface area contributed by atoms with Gasteiger partial charge in [-0.2, -0.15) is 0 Å². The molecule has 3 aliphatic heterocycles. The predicted molar refractivity (Wildman–Crippen MR) is 75.8 cm³/mol. The zero-order valence-electron chi connectivity index (χ0n) is 13.1. The molecule has 4 rings (SSSR count). The first kappa shape index (κ1) is 15.3. The molecule has 0 spiro atoms. The summed E-state index contributed by atoms with van der Waals surface area (Å²) in [5.74, 6) is 0.486. The largest absolute Gasteiger partial charge is 0.368 e. The van der Waals surface area contributed by atoms with Crippen LogP contribution in [0, 0.1) is 11.8 Å². The lowest BCUT2D eigenvalue weighted by atomic mass is 9.87. The first-order chi connectivity index (χ1) is 10.7. The molecule has 0 aromatic heterocycles. The number of fused-ring (bicyclic) bond motifs is 1. The van der Waals surface area contributed by atoms with E-state index in [1.807, 2.05) is 6.92 Å². The Labute approximate surface area is 131 Å². The topological polar surface area (TPSA) is 66.4 Å². The van der Waals surface area contributed by atoms with Crippen LogP contribution in [-0.2, 0) is 23.7 Å². The smallest absolute Gasteiger partial charge is 0.157 e. The summed E-state index contributed by atoms with van der Waals surface area (Å²) in [4.78, 5) is 0. The van der Waals surface area contributed by atoms with E-state index in [0.29, 0.717) is 13.0 Å². The van der Waals surface area contributed by atoms with Gasteiger partial charge in [-0.15, -0.1) is 0 Å². The van der Waals surface area contributed by atoms with Crippen molar-refractivity contribution in [1.82, 2.24) is 0 Å².